The van der Waals surface area contributed by atoms with E-state index >= 15 is 0 Å². The van der Waals surface area contributed by atoms with Crippen LogP contribution in [-0.4, -0.2) is 15.8 Å². The lowest BCUT2D eigenvalue weighted by molar-refractivity contribution is 0.538. The van der Waals surface area contributed by atoms with Gasteiger partial charge in [0.2, 0.25) is 0 Å². The standard InChI is InChI=1S/C16H19N3S/c1-12(9-13-7-8-20-11-13)17-10-15-14-5-3-4-6-16(14)19(2)18-15/h3-8,11-12,17H,9-10H2,1-2H3. The first kappa shape index (κ1) is 13.3. The van der Waals surface area contributed by atoms with Crippen LogP contribution < -0.4 is 5.32 Å². The summed E-state index contributed by atoms with van der Waals surface area (Å²) in [5, 5.41) is 13.8. The highest BCUT2D eigenvalue weighted by atomic mass is 32.1. The third-order valence-corrected chi connectivity index (χ3v) is 4.31. The van der Waals surface area contributed by atoms with E-state index in [1.165, 1.54) is 16.5 Å². The van der Waals surface area contributed by atoms with Gasteiger partial charge in [-0.25, -0.2) is 0 Å². The molecule has 0 aliphatic carbocycles. The van der Waals surface area contributed by atoms with Crippen LogP contribution in [0.25, 0.3) is 10.9 Å². The van der Waals surface area contributed by atoms with Gasteiger partial charge in [-0.3, -0.25) is 4.68 Å². The molecule has 20 heavy (non-hydrogen) atoms. The fourth-order valence-corrected chi connectivity index (χ4v) is 3.21. The Kier molecular flexibility index (Phi) is 3.85. The fraction of sp³-hybridized carbons (Fsp3) is 0.312. The van der Waals surface area contributed by atoms with Gasteiger partial charge in [0.05, 0.1) is 11.2 Å². The second kappa shape index (κ2) is 5.77. The minimum Gasteiger partial charge on any atom is -0.308 e. The lowest BCUT2D eigenvalue weighted by atomic mass is 10.1. The third-order valence-electron chi connectivity index (χ3n) is 3.57. The molecule has 4 heteroatoms. The molecule has 3 rings (SSSR count). The van der Waals surface area contributed by atoms with Gasteiger partial charge < -0.3 is 5.32 Å². The van der Waals surface area contributed by atoms with E-state index in [1.807, 2.05) is 11.7 Å². The molecule has 1 N–H and O–H groups in total. The molecule has 0 fully saturated rings. The largest absolute Gasteiger partial charge is 0.308 e. The van der Waals surface area contributed by atoms with Crippen molar-refractivity contribution >= 4 is 22.2 Å². The molecule has 1 atom stereocenters. The Morgan fingerprint density at radius 3 is 2.95 bits per heavy atom. The Morgan fingerprint density at radius 1 is 1.30 bits per heavy atom. The molecule has 0 saturated heterocycles. The molecule has 0 radical (unpaired) electrons. The Balaban J connectivity index is 1.68. The van der Waals surface area contributed by atoms with Crippen LogP contribution in [0, 0.1) is 0 Å². The van der Waals surface area contributed by atoms with E-state index in [-0.39, 0.29) is 0 Å². The molecule has 0 spiro atoms. The minimum absolute atomic E-state index is 0.449. The number of nitrogens with zero attached hydrogens (tertiary/aromatic N) is 2. The first-order chi connectivity index (χ1) is 9.74. The smallest absolute Gasteiger partial charge is 0.0841 e. The lowest BCUT2D eigenvalue weighted by Crippen LogP contribution is -2.27. The average molecular weight is 285 g/mol. The van der Waals surface area contributed by atoms with E-state index in [0.29, 0.717) is 6.04 Å². The van der Waals surface area contributed by atoms with Crippen molar-refractivity contribution in [1.82, 2.24) is 15.1 Å². The summed E-state index contributed by atoms with van der Waals surface area (Å²) in [6.45, 7) is 3.04. The third kappa shape index (κ3) is 2.76. The quantitative estimate of drug-likeness (QED) is 0.779. The first-order valence-corrected chi connectivity index (χ1v) is 7.83. The SMILES string of the molecule is CC(Cc1ccsc1)NCc1nn(C)c2ccccc12. The monoisotopic (exact) mass is 285 g/mol. The van der Waals surface area contributed by atoms with Crippen molar-refractivity contribution in [3.8, 4) is 0 Å². The van der Waals surface area contributed by atoms with E-state index < -0.39 is 0 Å². The number of aryl methyl sites for hydroxylation is 1. The Bertz CT molecular complexity index is 685. The summed E-state index contributed by atoms with van der Waals surface area (Å²) in [6.07, 6.45) is 1.06. The summed E-state index contributed by atoms with van der Waals surface area (Å²) in [4.78, 5) is 0. The second-order valence-electron chi connectivity index (χ2n) is 5.21. The van der Waals surface area contributed by atoms with Crippen LogP contribution in [0.1, 0.15) is 18.2 Å². The number of hydrogen-bond acceptors (Lipinski definition) is 3. The molecule has 0 bridgehead atoms. The van der Waals surface area contributed by atoms with Crippen LogP contribution in [0.15, 0.2) is 41.1 Å². The molecular formula is C16H19N3S. The summed E-state index contributed by atoms with van der Waals surface area (Å²) >= 11 is 1.76. The number of benzene rings is 1. The number of para-hydroxylation sites is 1. The number of hydrogen-bond donors (Lipinski definition) is 1. The van der Waals surface area contributed by atoms with Crippen molar-refractivity contribution in [3.05, 3.63) is 52.3 Å². The molecule has 0 aliphatic heterocycles. The number of rotatable bonds is 5. The number of nitrogens with one attached hydrogen (secondary N) is 1. The zero-order valence-electron chi connectivity index (χ0n) is 11.8. The van der Waals surface area contributed by atoms with Crippen molar-refractivity contribution in [2.24, 2.45) is 7.05 Å². The molecule has 104 valence electrons. The van der Waals surface area contributed by atoms with E-state index in [9.17, 15) is 0 Å². The van der Waals surface area contributed by atoms with Crippen molar-refractivity contribution in [1.29, 1.82) is 0 Å². The van der Waals surface area contributed by atoms with Crippen LogP contribution in [0.4, 0.5) is 0 Å². The molecule has 0 aliphatic rings. The zero-order chi connectivity index (χ0) is 13.9. The maximum atomic E-state index is 4.61. The van der Waals surface area contributed by atoms with E-state index in [2.05, 4.69) is 58.4 Å². The second-order valence-corrected chi connectivity index (χ2v) is 5.99. The van der Waals surface area contributed by atoms with Crippen LogP contribution in [0.3, 0.4) is 0 Å². The lowest BCUT2D eigenvalue weighted by Gasteiger charge is -2.12. The number of aromatic nitrogens is 2. The topological polar surface area (TPSA) is 29.9 Å². The highest BCUT2D eigenvalue weighted by Gasteiger charge is 2.09. The molecule has 1 unspecified atom stereocenters. The normalized spacial score (nSPS) is 12.9. The zero-order valence-corrected chi connectivity index (χ0v) is 12.7. The number of fused-ring (bicyclic) bond motifs is 1. The minimum atomic E-state index is 0.449. The molecule has 0 saturated carbocycles. The highest BCUT2D eigenvalue weighted by molar-refractivity contribution is 7.07. The van der Waals surface area contributed by atoms with Gasteiger partial charge in [0.1, 0.15) is 0 Å². The fourth-order valence-electron chi connectivity index (χ4n) is 2.52. The van der Waals surface area contributed by atoms with Gasteiger partial charge in [0.15, 0.2) is 0 Å². The van der Waals surface area contributed by atoms with Gasteiger partial charge in [0.25, 0.3) is 0 Å². The molecule has 3 nitrogen and oxygen atoms in total. The summed E-state index contributed by atoms with van der Waals surface area (Å²) in [5.74, 6) is 0. The van der Waals surface area contributed by atoms with Gasteiger partial charge in [-0.1, -0.05) is 18.2 Å². The Hall–Kier alpha value is -1.65. The van der Waals surface area contributed by atoms with Crippen LogP contribution in [-0.2, 0) is 20.0 Å². The van der Waals surface area contributed by atoms with Gasteiger partial charge >= 0.3 is 0 Å². The summed E-state index contributed by atoms with van der Waals surface area (Å²) in [7, 11) is 2.00. The molecule has 2 heterocycles. The molecular weight excluding hydrogens is 266 g/mol. The summed E-state index contributed by atoms with van der Waals surface area (Å²) < 4.78 is 1.95. The Morgan fingerprint density at radius 2 is 2.15 bits per heavy atom. The van der Waals surface area contributed by atoms with E-state index in [1.54, 1.807) is 11.3 Å². The van der Waals surface area contributed by atoms with Crippen LogP contribution in [0.2, 0.25) is 0 Å². The predicted octanol–water partition coefficient (Wildman–Crippen LogP) is 3.36. The van der Waals surface area contributed by atoms with E-state index in [4.69, 9.17) is 0 Å². The maximum absolute atomic E-state index is 4.61. The van der Waals surface area contributed by atoms with Crippen molar-refractivity contribution < 1.29 is 0 Å². The van der Waals surface area contributed by atoms with Gasteiger partial charge in [0, 0.05) is 25.0 Å². The first-order valence-electron chi connectivity index (χ1n) is 6.89. The molecule has 1 aromatic carbocycles. The predicted molar refractivity (Wildman–Crippen MR) is 85.0 cm³/mol. The van der Waals surface area contributed by atoms with Crippen molar-refractivity contribution in [2.45, 2.75) is 25.9 Å². The summed E-state index contributed by atoms with van der Waals surface area (Å²) in [5.41, 5.74) is 3.72. The molecule has 3 aromatic rings. The Labute approximate surface area is 123 Å². The van der Waals surface area contributed by atoms with Crippen molar-refractivity contribution in [3.63, 3.8) is 0 Å². The maximum Gasteiger partial charge on any atom is 0.0841 e. The summed E-state index contributed by atoms with van der Waals surface area (Å²) in [6, 6.07) is 11.0. The molecule has 0 amide bonds. The van der Waals surface area contributed by atoms with Gasteiger partial charge in [-0.15, -0.1) is 0 Å². The highest BCUT2D eigenvalue weighted by Crippen LogP contribution is 2.17. The van der Waals surface area contributed by atoms with E-state index in [0.717, 1.165) is 18.7 Å². The molecule has 2 aromatic heterocycles. The van der Waals surface area contributed by atoms with Crippen molar-refractivity contribution in [2.75, 3.05) is 0 Å². The van der Waals surface area contributed by atoms with Gasteiger partial charge in [-0.05, 0) is 41.8 Å². The van der Waals surface area contributed by atoms with Gasteiger partial charge in [-0.2, -0.15) is 16.4 Å². The average Bonchev–Trinajstić information content (AvgIpc) is 3.06. The number of thiophene rings is 1. The van der Waals surface area contributed by atoms with Crippen LogP contribution in [0.5, 0.6) is 0 Å². The van der Waals surface area contributed by atoms with Crippen LogP contribution >= 0.6 is 11.3 Å².